The lowest BCUT2D eigenvalue weighted by Gasteiger charge is -2.15. The predicted molar refractivity (Wildman–Crippen MR) is 86.0 cm³/mol. The van der Waals surface area contributed by atoms with Crippen molar-refractivity contribution in [2.75, 3.05) is 18.5 Å². The molecule has 6 heteroatoms. The van der Waals surface area contributed by atoms with Crippen molar-refractivity contribution in [3.05, 3.63) is 59.9 Å². The monoisotopic (exact) mass is 318 g/mol. The van der Waals surface area contributed by atoms with Crippen molar-refractivity contribution in [2.24, 2.45) is 0 Å². The van der Waals surface area contributed by atoms with E-state index in [1.807, 2.05) is 6.92 Å². The molecule has 5 nitrogen and oxygen atoms in total. The van der Waals surface area contributed by atoms with Crippen LogP contribution in [0.1, 0.15) is 18.6 Å². The number of aliphatic hydroxyl groups is 1. The van der Waals surface area contributed by atoms with Gasteiger partial charge in [-0.1, -0.05) is 30.3 Å². The van der Waals surface area contributed by atoms with Crippen LogP contribution in [0.5, 0.6) is 5.75 Å². The SMILES string of the molecule is CCOc1ccccc1NC(=O)NC[C@H](O)c1ccccc1F. The molecule has 0 unspecified atom stereocenters. The minimum atomic E-state index is -1.12. The molecule has 2 aromatic carbocycles. The molecule has 0 saturated carbocycles. The molecule has 0 spiro atoms. The average molecular weight is 318 g/mol. The van der Waals surface area contributed by atoms with Gasteiger partial charge in [0.1, 0.15) is 11.6 Å². The summed E-state index contributed by atoms with van der Waals surface area (Å²) in [6, 6.07) is 12.4. The first-order chi connectivity index (χ1) is 11.1. The standard InChI is InChI=1S/C17H19FN2O3/c1-2-23-16-10-6-5-9-14(16)20-17(22)19-11-15(21)12-7-3-4-8-13(12)18/h3-10,15,21H,2,11H2,1H3,(H2,19,20,22)/t15-/m0/s1. The quantitative estimate of drug-likeness (QED) is 0.766. The van der Waals surface area contributed by atoms with E-state index in [-0.39, 0.29) is 12.1 Å². The molecule has 122 valence electrons. The number of ether oxygens (including phenoxy) is 1. The summed E-state index contributed by atoms with van der Waals surface area (Å²) in [7, 11) is 0. The molecule has 23 heavy (non-hydrogen) atoms. The molecule has 2 amide bonds. The Labute approximate surface area is 134 Å². The molecule has 0 heterocycles. The number of carbonyl (C=O) groups excluding carboxylic acids is 1. The minimum Gasteiger partial charge on any atom is -0.492 e. The zero-order valence-corrected chi connectivity index (χ0v) is 12.8. The Bertz CT molecular complexity index is 664. The Morgan fingerprint density at radius 2 is 1.91 bits per heavy atom. The van der Waals surface area contributed by atoms with Gasteiger partial charge in [-0.3, -0.25) is 0 Å². The molecule has 0 aromatic heterocycles. The van der Waals surface area contributed by atoms with Crippen molar-refractivity contribution in [3.63, 3.8) is 0 Å². The van der Waals surface area contributed by atoms with E-state index in [1.165, 1.54) is 18.2 Å². The summed E-state index contributed by atoms with van der Waals surface area (Å²) in [6.07, 6.45) is -1.12. The third-order valence-corrected chi connectivity index (χ3v) is 3.16. The molecule has 0 saturated heterocycles. The van der Waals surface area contributed by atoms with Crippen molar-refractivity contribution in [3.8, 4) is 5.75 Å². The number of urea groups is 1. The van der Waals surface area contributed by atoms with Crippen molar-refractivity contribution < 1.29 is 19.0 Å². The van der Waals surface area contributed by atoms with Crippen molar-refractivity contribution in [2.45, 2.75) is 13.0 Å². The molecule has 0 bridgehead atoms. The van der Waals surface area contributed by atoms with Crippen LogP contribution in [-0.2, 0) is 0 Å². The maximum Gasteiger partial charge on any atom is 0.319 e. The van der Waals surface area contributed by atoms with Crippen LogP contribution in [0.25, 0.3) is 0 Å². The fraction of sp³-hybridized carbons (Fsp3) is 0.235. The zero-order valence-electron chi connectivity index (χ0n) is 12.8. The van der Waals surface area contributed by atoms with E-state index < -0.39 is 18.0 Å². The Balaban J connectivity index is 1.92. The topological polar surface area (TPSA) is 70.6 Å². The Kier molecular flexibility index (Phi) is 5.94. The van der Waals surface area contributed by atoms with E-state index in [1.54, 1.807) is 30.3 Å². The van der Waals surface area contributed by atoms with Gasteiger partial charge >= 0.3 is 6.03 Å². The summed E-state index contributed by atoms with van der Waals surface area (Å²) < 4.78 is 19.0. The van der Waals surface area contributed by atoms with Crippen LogP contribution >= 0.6 is 0 Å². The van der Waals surface area contributed by atoms with Crippen LogP contribution in [0.15, 0.2) is 48.5 Å². The summed E-state index contributed by atoms with van der Waals surface area (Å²) in [5, 5.41) is 15.1. The molecule has 0 fully saturated rings. The van der Waals surface area contributed by atoms with E-state index in [0.717, 1.165) is 0 Å². The van der Waals surface area contributed by atoms with Crippen molar-refractivity contribution >= 4 is 11.7 Å². The molecular weight excluding hydrogens is 299 g/mol. The van der Waals surface area contributed by atoms with Gasteiger partial charge < -0.3 is 20.5 Å². The summed E-state index contributed by atoms with van der Waals surface area (Å²) in [4.78, 5) is 11.9. The van der Waals surface area contributed by atoms with Crippen LogP contribution in [0, 0.1) is 5.82 Å². The number of nitrogens with one attached hydrogen (secondary N) is 2. The molecule has 0 radical (unpaired) electrons. The minimum absolute atomic E-state index is 0.108. The fourth-order valence-electron chi connectivity index (χ4n) is 2.06. The Hall–Kier alpha value is -2.60. The lowest BCUT2D eigenvalue weighted by atomic mass is 10.1. The third kappa shape index (κ3) is 4.69. The fourth-order valence-corrected chi connectivity index (χ4v) is 2.06. The highest BCUT2D eigenvalue weighted by Gasteiger charge is 2.14. The van der Waals surface area contributed by atoms with Gasteiger partial charge in [-0.05, 0) is 25.1 Å². The molecule has 0 aliphatic carbocycles. The van der Waals surface area contributed by atoms with E-state index in [0.29, 0.717) is 18.0 Å². The summed E-state index contributed by atoms with van der Waals surface area (Å²) in [5.41, 5.74) is 0.662. The number of hydrogen-bond acceptors (Lipinski definition) is 3. The number of halogens is 1. The van der Waals surface area contributed by atoms with Crippen molar-refractivity contribution in [1.82, 2.24) is 5.32 Å². The molecule has 2 rings (SSSR count). The highest BCUT2D eigenvalue weighted by molar-refractivity contribution is 5.90. The van der Waals surface area contributed by atoms with Gasteiger partial charge in [0.2, 0.25) is 0 Å². The van der Waals surface area contributed by atoms with Gasteiger partial charge in [0.25, 0.3) is 0 Å². The molecule has 2 aromatic rings. The average Bonchev–Trinajstić information content (AvgIpc) is 2.55. The van der Waals surface area contributed by atoms with Gasteiger partial charge in [0, 0.05) is 12.1 Å². The smallest absolute Gasteiger partial charge is 0.319 e. The number of carbonyl (C=O) groups is 1. The number of aliphatic hydroxyl groups excluding tert-OH is 1. The predicted octanol–water partition coefficient (Wildman–Crippen LogP) is 3.08. The van der Waals surface area contributed by atoms with Crippen LogP contribution in [0.4, 0.5) is 14.9 Å². The highest BCUT2D eigenvalue weighted by Crippen LogP contribution is 2.23. The first-order valence-corrected chi connectivity index (χ1v) is 7.31. The first-order valence-electron chi connectivity index (χ1n) is 7.31. The van der Waals surface area contributed by atoms with Gasteiger partial charge in [-0.15, -0.1) is 0 Å². The second-order valence-corrected chi connectivity index (χ2v) is 4.80. The van der Waals surface area contributed by atoms with Crippen LogP contribution in [0.2, 0.25) is 0 Å². The molecule has 0 aliphatic rings. The third-order valence-electron chi connectivity index (χ3n) is 3.16. The number of benzene rings is 2. The van der Waals surface area contributed by atoms with E-state index in [9.17, 15) is 14.3 Å². The summed E-state index contributed by atoms with van der Waals surface area (Å²) >= 11 is 0. The number of anilines is 1. The van der Waals surface area contributed by atoms with E-state index in [4.69, 9.17) is 4.74 Å². The second kappa shape index (κ2) is 8.14. The van der Waals surface area contributed by atoms with Crippen LogP contribution in [-0.4, -0.2) is 24.3 Å². The highest BCUT2D eigenvalue weighted by atomic mass is 19.1. The first kappa shape index (κ1) is 16.8. The summed E-state index contributed by atoms with van der Waals surface area (Å²) in [6.45, 7) is 2.22. The molecular formula is C17H19FN2O3. The maximum absolute atomic E-state index is 13.5. The Morgan fingerprint density at radius 1 is 1.22 bits per heavy atom. The molecule has 3 N–H and O–H groups in total. The van der Waals surface area contributed by atoms with Gasteiger partial charge in [0.05, 0.1) is 18.4 Å². The lowest BCUT2D eigenvalue weighted by molar-refractivity contribution is 0.170. The van der Waals surface area contributed by atoms with E-state index in [2.05, 4.69) is 10.6 Å². The number of hydrogen-bond donors (Lipinski definition) is 3. The number of para-hydroxylation sites is 2. The number of amides is 2. The van der Waals surface area contributed by atoms with Gasteiger partial charge in [-0.25, -0.2) is 9.18 Å². The Morgan fingerprint density at radius 3 is 2.65 bits per heavy atom. The van der Waals surface area contributed by atoms with Gasteiger partial charge in [0.15, 0.2) is 0 Å². The maximum atomic E-state index is 13.5. The zero-order chi connectivity index (χ0) is 16.7. The van der Waals surface area contributed by atoms with Crippen LogP contribution < -0.4 is 15.4 Å². The number of rotatable bonds is 6. The van der Waals surface area contributed by atoms with Crippen molar-refractivity contribution in [1.29, 1.82) is 0 Å². The molecule has 1 atom stereocenters. The summed E-state index contributed by atoms with van der Waals surface area (Å²) in [5.74, 6) is 0.0451. The lowest BCUT2D eigenvalue weighted by Crippen LogP contribution is -2.32. The normalized spacial score (nSPS) is 11.6. The molecule has 0 aliphatic heterocycles. The second-order valence-electron chi connectivity index (χ2n) is 4.80. The van der Waals surface area contributed by atoms with Gasteiger partial charge in [-0.2, -0.15) is 0 Å². The largest absolute Gasteiger partial charge is 0.492 e. The van der Waals surface area contributed by atoms with Crippen LogP contribution in [0.3, 0.4) is 0 Å². The van der Waals surface area contributed by atoms with E-state index >= 15 is 0 Å².